The molecule has 0 aromatic heterocycles. The van der Waals surface area contributed by atoms with Gasteiger partial charge in [0.15, 0.2) is 0 Å². The first-order chi connectivity index (χ1) is 8.62. The molecule has 0 radical (unpaired) electrons. The lowest BCUT2D eigenvalue weighted by atomic mass is 10.0. The summed E-state index contributed by atoms with van der Waals surface area (Å²) in [5.74, 6) is 0. The van der Waals surface area contributed by atoms with E-state index in [2.05, 4.69) is 0 Å². The Morgan fingerprint density at radius 1 is 0.450 bits per heavy atom. The molecule has 0 unspecified atom stereocenters. The minimum Gasteiger partial charge on any atom is -0.230 e. The molecule has 0 bridgehead atoms. The molecule has 0 saturated carbocycles. The normalized spacial score (nSPS) is 15.1. The van der Waals surface area contributed by atoms with Crippen LogP contribution in [0.2, 0.25) is 0 Å². The zero-order valence-electron chi connectivity index (χ0n) is 14.8. The summed E-state index contributed by atoms with van der Waals surface area (Å²) in [6.45, 7) is 19.4. The molecule has 0 aliphatic heterocycles. The second kappa shape index (κ2) is 6.56. The van der Waals surface area contributed by atoms with Crippen LogP contribution < -0.4 is 0 Å². The molecule has 0 fully saturated rings. The maximum absolute atomic E-state index is 5.45. The lowest BCUT2D eigenvalue weighted by Gasteiger charge is -2.29. The van der Waals surface area contributed by atoms with Gasteiger partial charge < -0.3 is 0 Å². The fourth-order valence-corrected chi connectivity index (χ4v) is 0.922. The van der Waals surface area contributed by atoms with Crippen molar-refractivity contribution < 1.29 is 19.6 Å². The number of rotatable bonds is 6. The van der Waals surface area contributed by atoms with Gasteiger partial charge in [0.1, 0.15) is 11.2 Å². The van der Waals surface area contributed by atoms with Crippen LogP contribution in [0.4, 0.5) is 0 Å². The minimum atomic E-state index is -0.546. The molecule has 0 heterocycles. The summed E-state index contributed by atoms with van der Waals surface area (Å²) >= 11 is 0. The molecule has 20 heavy (non-hydrogen) atoms. The van der Waals surface area contributed by atoms with Gasteiger partial charge in [0.05, 0.1) is 11.2 Å². The van der Waals surface area contributed by atoms with Crippen LogP contribution >= 0.6 is 0 Å². The van der Waals surface area contributed by atoms with E-state index in [9.17, 15) is 0 Å². The van der Waals surface area contributed by atoms with Crippen LogP contribution in [0, 0.1) is 0 Å². The summed E-state index contributed by atoms with van der Waals surface area (Å²) in [4.78, 5) is 21.6. The quantitative estimate of drug-likeness (QED) is 0.407. The van der Waals surface area contributed by atoms with E-state index < -0.39 is 11.2 Å². The second-order valence-corrected chi connectivity index (χ2v) is 8.10. The molecule has 4 heteroatoms. The van der Waals surface area contributed by atoms with Gasteiger partial charge in [-0.3, -0.25) is 0 Å². The highest BCUT2D eigenvalue weighted by atomic mass is 17.2. The maximum Gasteiger partial charge on any atom is 0.116 e. The summed E-state index contributed by atoms with van der Waals surface area (Å²) in [5, 5.41) is 0. The largest absolute Gasteiger partial charge is 0.230 e. The van der Waals surface area contributed by atoms with Crippen LogP contribution in [0.5, 0.6) is 0 Å². The van der Waals surface area contributed by atoms with Crippen molar-refractivity contribution in [3.63, 3.8) is 0 Å². The van der Waals surface area contributed by atoms with Gasteiger partial charge in [0, 0.05) is 0 Å². The Kier molecular flexibility index (Phi) is 6.42. The standard InChI is InChI=1S/C16H32O4/c1-13(2,3)17-19-15(7,8)11-12-16(9,10)20-18-14(4,5)6/h11-12H,1-10H3/b12-11+. The molecule has 0 rings (SSSR count). The van der Waals surface area contributed by atoms with Gasteiger partial charge in [-0.15, -0.1) is 0 Å². The SMILES string of the molecule is CC(C)(C)OOC(C)(C)/C=C/C(C)(C)OOC(C)(C)C. The van der Waals surface area contributed by atoms with E-state index in [-0.39, 0.29) is 11.2 Å². The first kappa shape index (κ1) is 19.6. The predicted molar refractivity (Wildman–Crippen MR) is 81.1 cm³/mol. The van der Waals surface area contributed by atoms with E-state index in [1.807, 2.05) is 81.4 Å². The van der Waals surface area contributed by atoms with Crippen LogP contribution in [0.3, 0.4) is 0 Å². The van der Waals surface area contributed by atoms with Gasteiger partial charge in [0.2, 0.25) is 0 Å². The van der Waals surface area contributed by atoms with Gasteiger partial charge in [0.25, 0.3) is 0 Å². The molecule has 0 amide bonds. The minimum absolute atomic E-state index is 0.341. The van der Waals surface area contributed by atoms with Crippen molar-refractivity contribution in [3.05, 3.63) is 12.2 Å². The third-order valence-corrected chi connectivity index (χ3v) is 1.90. The lowest BCUT2D eigenvalue weighted by molar-refractivity contribution is -0.390. The monoisotopic (exact) mass is 288 g/mol. The van der Waals surface area contributed by atoms with E-state index in [1.54, 1.807) is 0 Å². The molecule has 120 valence electrons. The topological polar surface area (TPSA) is 36.9 Å². The van der Waals surface area contributed by atoms with Gasteiger partial charge in [-0.05, 0) is 69.2 Å². The summed E-state index contributed by atoms with van der Waals surface area (Å²) in [7, 11) is 0. The van der Waals surface area contributed by atoms with Crippen molar-refractivity contribution in [2.24, 2.45) is 0 Å². The first-order valence-electron chi connectivity index (χ1n) is 7.06. The second-order valence-electron chi connectivity index (χ2n) is 8.10. The Morgan fingerprint density at radius 3 is 0.900 bits per heavy atom. The smallest absolute Gasteiger partial charge is 0.116 e. The molecule has 0 aliphatic carbocycles. The number of hydrogen-bond donors (Lipinski definition) is 0. The van der Waals surface area contributed by atoms with Crippen molar-refractivity contribution in [3.8, 4) is 0 Å². The summed E-state index contributed by atoms with van der Waals surface area (Å²) in [6, 6.07) is 0. The highest BCUT2D eigenvalue weighted by molar-refractivity contribution is 5.04. The molecule has 0 aliphatic rings. The molecule has 0 spiro atoms. The van der Waals surface area contributed by atoms with E-state index >= 15 is 0 Å². The van der Waals surface area contributed by atoms with Gasteiger partial charge in [-0.25, -0.2) is 19.6 Å². The molecular formula is C16H32O4. The Hall–Kier alpha value is -0.420. The van der Waals surface area contributed by atoms with E-state index in [4.69, 9.17) is 19.6 Å². The highest BCUT2D eigenvalue weighted by Gasteiger charge is 2.25. The number of hydrogen-bond acceptors (Lipinski definition) is 4. The van der Waals surface area contributed by atoms with E-state index in [0.29, 0.717) is 0 Å². The first-order valence-corrected chi connectivity index (χ1v) is 7.06. The lowest BCUT2D eigenvalue weighted by Crippen LogP contribution is -2.32. The zero-order chi connectivity index (χ0) is 16.2. The molecule has 0 aromatic rings. The summed E-state index contributed by atoms with van der Waals surface area (Å²) in [6.07, 6.45) is 3.82. The molecule has 0 saturated heterocycles. The van der Waals surface area contributed by atoms with Gasteiger partial charge in [-0.1, -0.05) is 12.2 Å². The summed E-state index contributed by atoms with van der Waals surface area (Å²) in [5.41, 5.74) is -1.77. The van der Waals surface area contributed by atoms with Crippen molar-refractivity contribution in [1.82, 2.24) is 0 Å². The van der Waals surface area contributed by atoms with Crippen molar-refractivity contribution in [2.75, 3.05) is 0 Å². The van der Waals surface area contributed by atoms with Gasteiger partial charge in [-0.2, -0.15) is 0 Å². The Labute approximate surface area is 124 Å². The van der Waals surface area contributed by atoms with Crippen molar-refractivity contribution in [2.45, 2.75) is 91.6 Å². The van der Waals surface area contributed by atoms with Crippen molar-refractivity contribution >= 4 is 0 Å². The molecule has 4 nitrogen and oxygen atoms in total. The van der Waals surface area contributed by atoms with Crippen LogP contribution in [0.15, 0.2) is 12.2 Å². The average molecular weight is 288 g/mol. The molecule has 0 atom stereocenters. The fraction of sp³-hybridized carbons (Fsp3) is 0.875. The molecule has 0 aromatic carbocycles. The molecule has 0 N–H and O–H groups in total. The van der Waals surface area contributed by atoms with Crippen LogP contribution in [0.1, 0.15) is 69.2 Å². The van der Waals surface area contributed by atoms with E-state index in [0.717, 1.165) is 0 Å². The van der Waals surface area contributed by atoms with Gasteiger partial charge >= 0.3 is 0 Å². The van der Waals surface area contributed by atoms with Crippen LogP contribution in [-0.4, -0.2) is 22.4 Å². The third kappa shape index (κ3) is 11.4. The predicted octanol–water partition coefficient (Wildman–Crippen LogP) is 4.59. The average Bonchev–Trinajstić information content (AvgIpc) is 2.20. The Morgan fingerprint density at radius 2 is 0.700 bits per heavy atom. The third-order valence-electron chi connectivity index (χ3n) is 1.90. The maximum atomic E-state index is 5.45. The highest BCUT2D eigenvalue weighted by Crippen LogP contribution is 2.22. The Balaban J connectivity index is 4.50. The summed E-state index contributed by atoms with van der Waals surface area (Å²) < 4.78 is 0. The van der Waals surface area contributed by atoms with Crippen LogP contribution in [0.25, 0.3) is 0 Å². The molecular weight excluding hydrogens is 256 g/mol. The zero-order valence-corrected chi connectivity index (χ0v) is 14.8. The Bertz CT molecular complexity index is 284. The fourth-order valence-electron chi connectivity index (χ4n) is 0.922. The van der Waals surface area contributed by atoms with E-state index in [1.165, 1.54) is 0 Å². The van der Waals surface area contributed by atoms with Crippen LogP contribution in [-0.2, 0) is 19.6 Å². The van der Waals surface area contributed by atoms with Crippen molar-refractivity contribution in [1.29, 1.82) is 0 Å².